The highest BCUT2D eigenvalue weighted by atomic mass is 16.6. The van der Waals surface area contributed by atoms with Gasteiger partial charge in [0, 0.05) is 55.1 Å². The Bertz CT molecular complexity index is 1670. The lowest BCUT2D eigenvalue weighted by Crippen LogP contribution is -2.43. The highest BCUT2D eigenvalue weighted by molar-refractivity contribution is 6.00. The SMILES string of the molecule is CCC1=C(C(=O)OC)C(c2cccc([N+](=O)[O-])c2)C(C(=O)OCCCOCCCN2CCC(c3ccccc3)(c3ccccc3)CC2)=C(CC)N1. The molecule has 0 spiro atoms. The first-order valence-corrected chi connectivity index (χ1v) is 18.0. The predicted octanol–water partition coefficient (Wildman–Crippen LogP) is 7.20. The number of nitro benzene ring substituents is 1. The summed E-state index contributed by atoms with van der Waals surface area (Å²) >= 11 is 0. The average molecular weight is 696 g/mol. The van der Waals surface area contributed by atoms with Gasteiger partial charge in [0.25, 0.3) is 5.69 Å². The summed E-state index contributed by atoms with van der Waals surface area (Å²) in [7, 11) is 1.28. The molecule has 3 aromatic carbocycles. The fraction of sp³-hybridized carbons (Fsp3) is 0.415. The van der Waals surface area contributed by atoms with Crippen molar-refractivity contribution < 1.29 is 28.7 Å². The Labute approximate surface area is 300 Å². The zero-order valence-electron chi connectivity index (χ0n) is 29.9. The number of hydrogen-bond acceptors (Lipinski definition) is 9. The maximum atomic E-state index is 13.7. The first-order chi connectivity index (χ1) is 24.8. The number of nitrogens with one attached hydrogen (secondary N) is 1. The first kappa shape index (κ1) is 37.5. The number of methoxy groups -OCH3 is 1. The molecule has 0 amide bonds. The Hall–Kier alpha value is -4.80. The van der Waals surface area contributed by atoms with Crippen molar-refractivity contribution in [3.8, 4) is 0 Å². The van der Waals surface area contributed by atoms with Crippen molar-refractivity contribution in [1.29, 1.82) is 0 Å². The number of non-ortho nitro benzene ring substituents is 1. The Kier molecular flexibility index (Phi) is 13.2. The lowest BCUT2D eigenvalue weighted by molar-refractivity contribution is -0.384. The number of esters is 2. The number of carbonyl (C=O) groups is 2. The minimum absolute atomic E-state index is 0.0309. The highest BCUT2D eigenvalue weighted by Crippen LogP contribution is 2.43. The average Bonchev–Trinajstić information content (AvgIpc) is 3.18. The number of ether oxygens (including phenoxy) is 3. The van der Waals surface area contributed by atoms with Crippen molar-refractivity contribution in [3.63, 3.8) is 0 Å². The molecule has 0 aromatic heterocycles. The molecule has 1 unspecified atom stereocenters. The molecule has 10 heteroatoms. The second-order valence-electron chi connectivity index (χ2n) is 13.0. The molecular weight excluding hydrogens is 646 g/mol. The van der Waals surface area contributed by atoms with Crippen LogP contribution in [0.3, 0.4) is 0 Å². The number of allylic oxidation sites excluding steroid dienone is 2. The molecule has 0 radical (unpaired) electrons. The fourth-order valence-corrected chi connectivity index (χ4v) is 7.42. The summed E-state index contributed by atoms with van der Waals surface area (Å²) < 4.78 is 16.8. The van der Waals surface area contributed by atoms with E-state index in [0.29, 0.717) is 49.4 Å². The maximum Gasteiger partial charge on any atom is 0.336 e. The van der Waals surface area contributed by atoms with Gasteiger partial charge in [-0.2, -0.15) is 0 Å². The van der Waals surface area contributed by atoms with E-state index in [9.17, 15) is 19.7 Å². The normalized spacial score (nSPS) is 17.5. The van der Waals surface area contributed by atoms with E-state index in [4.69, 9.17) is 14.2 Å². The van der Waals surface area contributed by atoms with Crippen LogP contribution in [-0.2, 0) is 29.2 Å². The maximum absolute atomic E-state index is 13.7. The molecule has 2 aliphatic rings. The lowest BCUT2D eigenvalue weighted by Gasteiger charge is -2.43. The standard InChI is InChI=1S/C41H49N3O7/c1-4-34-37(39(45)49-3)36(30-15-12-20-33(29-30)44(47)48)38(35(5-2)42-34)40(46)51-28-14-27-50-26-13-23-43-24-21-41(22-25-43,31-16-8-6-9-17-31)32-18-10-7-11-19-32/h6-12,15-20,29,36,42H,4-5,13-14,21-28H2,1-3H3. The van der Waals surface area contributed by atoms with E-state index < -0.39 is 22.8 Å². The summed E-state index contributed by atoms with van der Waals surface area (Å²) in [4.78, 5) is 40.4. The van der Waals surface area contributed by atoms with Gasteiger partial charge in [0.1, 0.15) is 0 Å². The van der Waals surface area contributed by atoms with Gasteiger partial charge >= 0.3 is 11.9 Å². The number of carbonyl (C=O) groups excluding carboxylic acids is 2. The smallest absolute Gasteiger partial charge is 0.336 e. The van der Waals surface area contributed by atoms with E-state index in [1.807, 2.05) is 13.8 Å². The molecule has 0 aliphatic carbocycles. The molecule has 2 heterocycles. The second-order valence-corrected chi connectivity index (χ2v) is 13.0. The van der Waals surface area contributed by atoms with E-state index in [0.717, 1.165) is 38.9 Å². The van der Waals surface area contributed by atoms with Crippen LogP contribution in [-0.4, -0.2) is 68.3 Å². The summed E-state index contributed by atoms with van der Waals surface area (Å²) in [6.07, 6.45) is 4.49. The summed E-state index contributed by atoms with van der Waals surface area (Å²) in [5.74, 6) is -2.08. The molecule has 0 bridgehead atoms. The van der Waals surface area contributed by atoms with E-state index in [1.54, 1.807) is 12.1 Å². The molecule has 3 aromatic rings. The molecule has 1 fully saturated rings. The molecule has 1 saturated heterocycles. The van der Waals surface area contributed by atoms with Crippen LogP contribution in [0.2, 0.25) is 0 Å². The minimum atomic E-state index is -0.882. The van der Waals surface area contributed by atoms with Gasteiger partial charge in [0.05, 0.1) is 35.7 Å². The summed E-state index contributed by atoms with van der Waals surface area (Å²) in [5.41, 5.74) is 4.82. The molecular formula is C41H49N3O7. The van der Waals surface area contributed by atoms with Crippen LogP contribution in [0.5, 0.6) is 0 Å². The molecule has 270 valence electrons. The molecule has 5 rings (SSSR count). The van der Waals surface area contributed by atoms with Crippen LogP contribution in [0.15, 0.2) is 107 Å². The number of nitrogens with zero attached hydrogens (tertiary/aromatic N) is 2. The van der Waals surface area contributed by atoms with Crippen LogP contribution in [0.4, 0.5) is 5.69 Å². The number of rotatable bonds is 16. The van der Waals surface area contributed by atoms with Crippen molar-refractivity contribution >= 4 is 17.6 Å². The van der Waals surface area contributed by atoms with Gasteiger partial charge in [-0.15, -0.1) is 0 Å². The van der Waals surface area contributed by atoms with Crippen molar-refractivity contribution in [3.05, 3.63) is 134 Å². The molecule has 1 atom stereocenters. The summed E-state index contributed by atoms with van der Waals surface area (Å²) in [5, 5.41) is 14.9. The Balaban J connectivity index is 1.12. The number of nitro groups is 1. The number of likely N-dealkylation sites (tertiary alicyclic amines) is 1. The minimum Gasteiger partial charge on any atom is -0.466 e. The number of piperidine rings is 1. The van der Waals surface area contributed by atoms with Crippen LogP contribution in [0.1, 0.15) is 75.0 Å². The molecule has 51 heavy (non-hydrogen) atoms. The van der Waals surface area contributed by atoms with Crippen LogP contribution in [0, 0.1) is 10.1 Å². The van der Waals surface area contributed by atoms with Crippen molar-refractivity contribution in [2.45, 2.75) is 63.7 Å². The highest BCUT2D eigenvalue weighted by Gasteiger charge is 2.40. The third kappa shape index (κ3) is 8.75. The molecule has 1 N–H and O–H groups in total. The third-order valence-corrected chi connectivity index (χ3v) is 10.1. The van der Waals surface area contributed by atoms with Crippen LogP contribution in [0.25, 0.3) is 0 Å². The number of benzene rings is 3. The fourth-order valence-electron chi connectivity index (χ4n) is 7.42. The summed E-state index contributed by atoms with van der Waals surface area (Å²) in [6, 6.07) is 27.7. The first-order valence-electron chi connectivity index (χ1n) is 18.0. The van der Waals surface area contributed by atoms with Gasteiger partial charge in [0.2, 0.25) is 0 Å². The van der Waals surface area contributed by atoms with E-state index in [-0.39, 0.29) is 28.9 Å². The van der Waals surface area contributed by atoms with E-state index in [1.165, 1.54) is 30.4 Å². The number of dihydropyridines is 1. The molecule has 10 nitrogen and oxygen atoms in total. The molecule has 0 saturated carbocycles. The van der Waals surface area contributed by atoms with Crippen molar-refractivity contribution in [2.24, 2.45) is 0 Å². The quantitative estimate of drug-likeness (QED) is 0.0718. The van der Waals surface area contributed by atoms with Gasteiger partial charge < -0.3 is 24.4 Å². The van der Waals surface area contributed by atoms with Crippen LogP contribution >= 0.6 is 0 Å². The van der Waals surface area contributed by atoms with Crippen molar-refractivity contribution in [2.75, 3.05) is 46.6 Å². The topological polar surface area (TPSA) is 120 Å². The molecule has 2 aliphatic heterocycles. The van der Waals surface area contributed by atoms with Crippen molar-refractivity contribution in [1.82, 2.24) is 10.2 Å². The Morgan fingerprint density at radius 1 is 0.824 bits per heavy atom. The van der Waals surface area contributed by atoms with Gasteiger partial charge in [-0.1, -0.05) is 86.6 Å². The third-order valence-electron chi connectivity index (χ3n) is 10.1. The zero-order chi connectivity index (χ0) is 36.2. The summed E-state index contributed by atoms with van der Waals surface area (Å²) in [6.45, 7) is 7.99. The van der Waals surface area contributed by atoms with Gasteiger partial charge in [-0.25, -0.2) is 9.59 Å². The zero-order valence-corrected chi connectivity index (χ0v) is 29.9. The van der Waals surface area contributed by atoms with Crippen LogP contribution < -0.4 is 5.32 Å². The monoisotopic (exact) mass is 695 g/mol. The van der Waals surface area contributed by atoms with Gasteiger partial charge in [0.15, 0.2) is 0 Å². The number of hydrogen-bond donors (Lipinski definition) is 1. The second kappa shape index (κ2) is 17.9. The van der Waals surface area contributed by atoms with Gasteiger partial charge in [-0.05, 0) is 61.9 Å². The largest absolute Gasteiger partial charge is 0.466 e. The van der Waals surface area contributed by atoms with Gasteiger partial charge in [-0.3, -0.25) is 10.1 Å². The predicted molar refractivity (Wildman–Crippen MR) is 196 cm³/mol. The Morgan fingerprint density at radius 2 is 1.41 bits per heavy atom. The lowest BCUT2D eigenvalue weighted by atomic mass is 9.68. The van der Waals surface area contributed by atoms with E-state index in [2.05, 4.69) is 70.9 Å². The van der Waals surface area contributed by atoms with E-state index >= 15 is 0 Å². The Morgan fingerprint density at radius 3 is 1.98 bits per heavy atom.